The maximum absolute atomic E-state index is 8.81. The van der Waals surface area contributed by atoms with E-state index < -0.39 is 0 Å². The Bertz CT molecular complexity index is 367. The van der Waals surface area contributed by atoms with E-state index in [1.807, 2.05) is 12.1 Å². The highest BCUT2D eigenvalue weighted by Crippen LogP contribution is 2.25. The molecule has 6 heteroatoms. The van der Waals surface area contributed by atoms with Crippen LogP contribution in [-0.2, 0) is 0 Å². The maximum Gasteiger partial charge on any atom is 0.157 e. The molecule has 1 aromatic heterocycles. The van der Waals surface area contributed by atoms with Crippen LogP contribution in [0.2, 0.25) is 0 Å². The van der Waals surface area contributed by atoms with Gasteiger partial charge in [-0.2, -0.15) is 21.4 Å². The molecule has 3 N–H and O–H groups in total. The Hall–Kier alpha value is -1.19. The van der Waals surface area contributed by atoms with Crippen molar-refractivity contribution in [3.63, 3.8) is 0 Å². The molecule has 0 bridgehead atoms. The molecule has 0 fully saturated rings. The highest BCUT2D eigenvalue weighted by molar-refractivity contribution is 7.99. The van der Waals surface area contributed by atoms with E-state index >= 15 is 0 Å². The number of nitrogens with two attached hydrogens (primary N) is 1. The largest absolute Gasteiger partial charge is 0.382 e. The summed E-state index contributed by atoms with van der Waals surface area (Å²) in [6.07, 6.45) is 1.87. The van der Waals surface area contributed by atoms with Gasteiger partial charge in [0.1, 0.15) is 16.6 Å². The number of hydrogen-bond donors (Lipinski definition) is 2. The number of rotatable bonds is 6. The Kier molecular flexibility index (Phi) is 5.01. The van der Waals surface area contributed by atoms with E-state index in [0.29, 0.717) is 11.4 Å². The Labute approximate surface area is 97.3 Å². The molecule has 0 aliphatic rings. The Balaban J connectivity index is 2.38. The summed E-state index contributed by atoms with van der Waals surface area (Å²) in [4.78, 5) is 0. The fraction of sp³-hybridized carbons (Fsp3) is 0.333. The lowest BCUT2D eigenvalue weighted by Crippen LogP contribution is -2.04. The lowest BCUT2D eigenvalue weighted by molar-refractivity contribution is 1.24. The van der Waals surface area contributed by atoms with Crippen molar-refractivity contribution in [1.82, 2.24) is 4.37 Å². The van der Waals surface area contributed by atoms with E-state index in [1.165, 1.54) is 11.5 Å². The second kappa shape index (κ2) is 6.32. The zero-order valence-corrected chi connectivity index (χ0v) is 9.83. The lowest BCUT2D eigenvalue weighted by atomic mass is 10.3. The predicted molar refractivity (Wildman–Crippen MR) is 67.3 cm³/mol. The number of anilines is 2. The highest BCUT2D eigenvalue weighted by Gasteiger charge is 2.09. The number of thioether (sulfide) groups is 1. The molecule has 0 unspecified atom stereocenters. The normalized spacial score (nSPS) is 9.53. The summed E-state index contributed by atoms with van der Waals surface area (Å²) in [6.45, 7) is 4.44. The van der Waals surface area contributed by atoms with E-state index in [4.69, 9.17) is 11.0 Å². The third-order valence-corrected chi connectivity index (χ3v) is 3.38. The van der Waals surface area contributed by atoms with E-state index in [0.717, 1.165) is 23.1 Å². The summed E-state index contributed by atoms with van der Waals surface area (Å²) >= 11 is 3.01. The van der Waals surface area contributed by atoms with Gasteiger partial charge in [-0.3, -0.25) is 0 Å². The fourth-order valence-electron chi connectivity index (χ4n) is 0.935. The molecule has 4 nitrogen and oxygen atoms in total. The minimum Gasteiger partial charge on any atom is -0.382 e. The van der Waals surface area contributed by atoms with Crippen LogP contribution in [0.25, 0.3) is 0 Å². The highest BCUT2D eigenvalue weighted by atomic mass is 32.2. The van der Waals surface area contributed by atoms with Crippen LogP contribution in [0.1, 0.15) is 5.56 Å². The number of nitriles is 1. The summed E-state index contributed by atoms with van der Waals surface area (Å²) < 4.78 is 3.91. The van der Waals surface area contributed by atoms with E-state index in [1.54, 1.807) is 11.8 Å². The second-order valence-corrected chi connectivity index (χ2v) is 4.60. The van der Waals surface area contributed by atoms with Crippen LogP contribution >= 0.6 is 23.3 Å². The lowest BCUT2D eigenvalue weighted by Gasteiger charge is -2.01. The first-order valence-corrected chi connectivity index (χ1v) is 6.30. The van der Waals surface area contributed by atoms with Crippen LogP contribution in [0, 0.1) is 11.3 Å². The summed E-state index contributed by atoms with van der Waals surface area (Å²) in [5.41, 5.74) is 5.97. The number of nitrogens with one attached hydrogen (secondary N) is 1. The van der Waals surface area contributed by atoms with Crippen molar-refractivity contribution in [1.29, 1.82) is 5.26 Å². The first kappa shape index (κ1) is 11.9. The molecular weight excluding hydrogens is 228 g/mol. The smallest absolute Gasteiger partial charge is 0.157 e. The fourth-order valence-corrected chi connectivity index (χ4v) is 2.20. The van der Waals surface area contributed by atoms with Gasteiger partial charge in [0.25, 0.3) is 0 Å². The Morgan fingerprint density at radius 3 is 3.20 bits per heavy atom. The first-order chi connectivity index (χ1) is 7.29. The standard InChI is InChI=1S/C9H12N4S2/c1-2-4-14-5-3-12-9-7(6-10)8(11)13-15-9/h2,12H,1,3-5H2,(H2,11,13). The van der Waals surface area contributed by atoms with Gasteiger partial charge in [-0.1, -0.05) is 6.08 Å². The zero-order valence-electron chi connectivity index (χ0n) is 8.19. The van der Waals surface area contributed by atoms with Crippen LogP contribution < -0.4 is 11.1 Å². The quantitative estimate of drug-likeness (QED) is 0.587. The van der Waals surface area contributed by atoms with Crippen molar-refractivity contribution >= 4 is 34.1 Å². The van der Waals surface area contributed by atoms with Crippen LogP contribution in [0.5, 0.6) is 0 Å². The molecule has 15 heavy (non-hydrogen) atoms. The van der Waals surface area contributed by atoms with Crippen LogP contribution in [0.3, 0.4) is 0 Å². The number of nitrogen functional groups attached to an aromatic ring is 1. The molecule has 1 rings (SSSR count). The molecule has 80 valence electrons. The van der Waals surface area contributed by atoms with Crippen molar-refractivity contribution in [2.24, 2.45) is 0 Å². The van der Waals surface area contributed by atoms with Crippen molar-refractivity contribution in [3.8, 4) is 6.07 Å². The molecule has 0 aromatic carbocycles. The van der Waals surface area contributed by atoms with Crippen LogP contribution in [-0.4, -0.2) is 22.4 Å². The van der Waals surface area contributed by atoms with Crippen molar-refractivity contribution in [2.75, 3.05) is 29.1 Å². The average molecular weight is 240 g/mol. The van der Waals surface area contributed by atoms with E-state index in [-0.39, 0.29) is 0 Å². The average Bonchev–Trinajstić information content (AvgIpc) is 2.59. The molecule has 0 aliphatic heterocycles. The molecule has 0 spiro atoms. The molecule has 0 atom stereocenters. The van der Waals surface area contributed by atoms with Gasteiger partial charge >= 0.3 is 0 Å². The molecule has 1 heterocycles. The Morgan fingerprint density at radius 2 is 2.53 bits per heavy atom. The molecule has 0 saturated carbocycles. The zero-order chi connectivity index (χ0) is 11.1. The SMILES string of the molecule is C=CCSCCNc1snc(N)c1C#N. The second-order valence-electron chi connectivity index (χ2n) is 2.67. The van der Waals surface area contributed by atoms with Gasteiger partial charge in [-0.25, -0.2) is 0 Å². The third kappa shape index (κ3) is 3.46. The summed E-state index contributed by atoms with van der Waals surface area (Å²) in [6, 6.07) is 2.03. The molecular formula is C9H12N4S2. The van der Waals surface area contributed by atoms with Gasteiger partial charge in [0, 0.05) is 18.1 Å². The Morgan fingerprint density at radius 1 is 1.73 bits per heavy atom. The van der Waals surface area contributed by atoms with Crippen molar-refractivity contribution in [2.45, 2.75) is 0 Å². The predicted octanol–water partition coefficient (Wildman–Crippen LogP) is 1.93. The first-order valence-electron chi connectivity index (χ1n) is 4.37. The van der Waals surface area contributed by atoms with Crippen LogP contribution in [0.15, 0.2) is 12.7 Å². The van der Waals surface area contributed by atoms with Gasteiger partial charge < -0.3 is 11.1 Å². The monoisotopic (exact) mass is 240 g/mol. The van der Waals surface area contributed by atoms with Gasteiger partial charge in [-0.15, -0.1) is 6.58 Å². The third-order valence-electron chi connectivity index (χ3n) is 1.60. The molecule has 0 saturated heterocycles. The van der Waals surface area contributed by atoms with Gasteiger partial charge in [0.2, 0.25) is 0 Å². The molecule has 0 radical (unpaired) electrons. The van der Waals surface area contributed by atoms with Crippen molar-refractivity contribution in [3.05, 3.63) is 18.2 Å². The van der Waals surface area contributed by atoms with Crippen LogP contribution in [0.4, 0.5) is 10.8 Å². The summed E-state index contributed by atoms with van der Waals surface area (Å²) in [5, 5.41) is 12.7. The summed E-state index contributed by atoms with van der Waals surface area (Å²) in [5.74, 6) is 2.22. The van der Waals surface area contributed by atoms with Gasteiger partial charge in [-0.05, 0) is 11.5 Å². The minimum absolute atomic E-state index is 0.309. The summed E-state index contributed by atoms with van der Waals surface area (Å²) in [7, 11) is 0. The maximum atomic E-state index is 8.81. The number of hydrogen-bond acceptors (Lipinski definition) is 6. The van der Waals surface area contributed by atoms with Gasteiger partial charge in [0.05, 0.1) is 0 Å². The minimum atomic E-state index is 0.309. The number of aromatic nitrogens is 1. The molecule has 1 aromatic rings. The number of nitrogens with zero attached hydrogens (tertiary/aromatic N) is 2. The molecule has 0 aliphatic carbocycles. The van der Waals surface area contributed by atoms with E-state index in [9.17, 15) is 0 Å². The topological polar surface area (TPSA) is 74.7 Å². The van der Waals surface area contributed by atoms with Gasteiger partial charge in [0.15, 0.2) is 5.82 Å². The molecule has 0 amide bonds. The van der Waals surface area contributed by atoms with E-state index in [2.05, 4.69) is 16.3 Å². The van der Waals surface area contributed by atoms with Crippen molar-refractivity contribution < 1.29 is 0 Å².